The van der Waals surface area contributed by atoms with E-state index in [2.05, 4.69) is 112 Å². The van der Waals surface area contributed by atoms with Crippen molar-refractivity contribution >= 4 is 27.3 Å². The molecule has 2 nitrogen and oxygen atoms in total. The summed E-state index contributed by atoms with van der Waals surface area (Å²) in [4.78, 5) is 4.68. The van der Waals surface area contributed by atoms with Crippen molar-refractivity contribution in [3.8, 4) is 11.1 Å². The fraction of sp³-hybridized carbons (Fsp3) is 0.276. The maximum Gasteiger partial charge on any atom is 0.0608 e. The Morgan fingerprint density at radius 3 is 2.16 bits per heavy atom. The van der Waals surface area contributed by atoms with Crippen LogP contribution in [-0.2, 0) is 30.9 Å². The number of imidazole rings is 1. The molecule has 0 atom stereocenters. The van der Waals surface area contributed by atoms with Crippen LogP contribution in [0.2, 0.25) is 0 Å². The third-order valence-electron chi connectivity index (χ3n) is 6.29. The molecule has 32 heavy (non-hydrogen) atoms. The molecule has 165 valence electrons. The van der Waals surface area contributed by atoms with Crippen molar-refractivity contribution in [1.82, 2.24) is 9.38 Å². The van der Waals surface area contributed by atoms with Crippen LogP contribution in [0.25, 0.3) is 38.4 Å². The summed E-state index contributed by atoms with van der Waals surface area (Å²) in [5.74, 6) is 0. The summed E-state index contributed by atoms with van der Waals surface area (Å²) < 4.78 is 2.23. The SMILES string of the molecule is CC(C)(C)c1ccc(-c2cc(C(C)(C)C)cc3c4ccc[c-]c4c4nccn4c23)cc1.[Ir]. The van der Waals surface area contributed by atoms with E-state index in [0.717, 1.165) is 11.0 Å². The molecular weight excluding hydrogens is 569 g/mol. The first-order chi connectivity index (χ1) is 14.6. The molecule has 0 saturated heterocycles. The standard InChI is InChI=1S/C29H29N2.Ir/c1-28(2,3)20-13-11-19(12-14-20)24-17-21(29(4,5)6)18-25-22-9-7-8-10-23(22)27-30-15-16-31(27)26(24)25;/h7-9,11-18H,1-6H3;/q-1;. The van der Waals surface area contributed by atoms with Gasteiger partial charge in [0.2, 0.25) is 0 Å². The van der Waals surface area contributed by atoms with Crippen LogP contribution in [0.3, 0.4) is 0 Å². The van der Waals surface area contributed by atoms with Gasteiger partial charge in [-0.3, -0.25) is 4.98 Å². The molecule has 5 rings (SSSR count). The number of fused-ring (bicyclic) bond motifs is 6. The van der Waals surface area contributed by atoms with Crippen LogP contribution >= 0.6 is 0 Å². The van der Waals surface area contributed by atoms with Crippen molar-refractivity contribution in [1.29, 1.82) is 0 Å². The van der Waals surface area contributed by atoms with Gasteiger partial charge in [0.15, 0.2) is 0 Å². The fourth-order valence-corrected chi connectivity index (χ4v) is 4.42. The Labute approximate surface area is 204 Å². The average molecular weight is 598 g/mol. The van der Waals surface area contributed by atoms with Crippen LogP contribution in [0, 0.1) is 6.07 Å². The normalized spacial score (nSPS) is 12.4. The van der Waals surface area contributed by atoms with Gasteiger partial charge in [0.1, 0.15) is 0 Å². The van der Waals surface area contributed by atoms with Gasteiger partial charge >= 0.3 is 0 Å². The molecular formula is C29H29IrN2-. The maximum absolute atomic E-state index is 4.68. The molecule has 0 bridgehead atoms. The minimum Gasteiger partial charge on any atom is -0.340 e. The summed E-state index contributed by atoms with van der Waals surface area (Å²) in [6, 6.07) is 23.5. The number of hydrogen-bond donors (Lipinski definition) is 0. The van der Waals surface area contributed by atoms with E-state index in [1.54, 1.807) is 0 Å². The van der Waals surface area contributed by atoms with Crippen molar-refractivity contribution < 1.29 is 20.1 Å². The third kappa shape index (κ3) is 3.68. The molecule has 0 aliphatic heterocycles. The second kappa shape index (κ2) is 7.83. The number of aromatic nitrogens is 2. The van der Waals surface area contributed by atoms with Crippen LogP contribution < -0.4 is 0 Å². The van der Waals surface area contributed by atoms with Gasteiger partial charge in [0.05, 0.1) is 5.65 Å². The largest absolute Gasteiger partial charge is 0.340 e. The molecule has 0 N–H and O–H groups in total. The zero-order chi connectivity index (χ0) is 22.0. The molecule has 3 heteroatoms. The smallest absolute Gasteiger partial charge is 0.0608 e. The Morgan fingerprint density at radius 1 is 0.812 bits per heavy atom. The molecule has 2 aromatic heterocycles. The van der Waals surface area contributed by atoms with Gasteiger partial charge in [-0.2, -0.15) is 0 Å². The van der Waals surface area contributed by atoms with E-state index < -0.39 is 0 Å². The molecule has 0 amide bonds. The summed E-state index contributed by atoms with van der Waals surface area (Å²) in [6.45, 7) is 13.6. The van der Waals surface area contributed by atoms with Crippen LogP contribution in [-0.4, -0.2) is 9.38 Å². The van der Waals surface area contributed by atoms with Crippen LogP contribution in [0.4, 0.5) is 0 Å². The van der Waals surface area contributed by atoms with Crippen molar-refractivity contribution in [3.05, 3.63) is 84.2 Å². The summed E-state index contributed by atoms with van der Waals surface area (Å²) in [5.41, 5.74) is 7.51. The number of pyridine rings is 1. The Kier molecular flexibility index (Phi) is 5.56. The first kappa shape index (κ1) is 22.7. The van der Waals surface area contributed by atoms with Crippen LogP contribution in [0.15, 0.2) is 67.0 Å². The van der Waals surface area contributed by atoms with Crippen LogP contribution in [0.1, 0.15) is 52.7 Å². The van der Waals surface area contributed by atoms with Gasteiger partial charge < -0.3 is 4.40 Å². The number of nitrogens with zero attached hydrogens (tertiary/aromatic N) is 2. The maximum atomic E-state index is 4.68. The van der Waals surface area contributed by atoms with Gasteiger partial charge in [-0.05, 0) is 39.0 Å². The first-order valence-corrected chi connectivity index (χ1v) is 11.0. The number of benzene rings is 3. The van der Waals surface area contributed by atoms with E-state index in [1.165, 1.54) is 38.5 Å². The van der Waals surface area contributed by atoms with E-state index in [0.29, 0.717) is 0 Å². The molecule has 1 radical (unpaired) electrons. The van der Waals surface area contributed by atoms with Gasteiger partial charge in [0, 0.05) is 43.6 Å². The van der Waals surface area contributed by atoms with Crippen LogP contribution in [0.5, 0.6) is 0 Å². The average Bonchev–Trinajstić information content (AvgIpc) is 3.22. The number of rotatable bonds is 1. The van der Waals surface area contributed by atoms with E-state index in [1.807, 2.05) is 12.3 Å². The summed E-state index contributed by atoms with van der Waals surface area (Å²) in [5, 5.41) is 3.52. The zero-order valence-electron chi connectivity index (χ0n) is 19.6. The molecule has 0 aliphatic rings. The Bertz CT molecular complexity index is 1430. The van der Waals surface area contributed by atoms with E-state index in [4.69, 9.17) is 0 Å². The van der Waals surface area contributed by atoms with E-state index in [9.17, 15) is 0 Å². The minimum atomic E-state index is 0. The monoisotopic (exact) mass is 598 g/mol. The number of hydrogen-bond acceptors (Lipinski definition) is 1. The van der Waals surface area contributed by atoms with Crippen molar-refractivity contribution in [3.63, 3.8) is 0 Å². The third-order valence-corrected chi connectivity index (χ3v) is 6.29. The van der Waals surface area contributed by atoms with Gasteiger partial charge in [-0.25, -0.2) is 0 Å². The Balaban J connectivity index is 0.00000245. The summed E-state index contributed by atoms with van der Waals surface area (Å²) >= 11 is 0. The molecule has 3 aromatic carbocycles. The Hall–Kier alpha value is -2.48. The van der Waals surface area contributed by atoms with E-state index in [-0.39, 0.29) is 30.9 Å². The summed E-state index contributed by atoms with van der Waals surface area (Å²) in [7, 11) is 0. The predicted octanol–water partition coefficient (Wildman–Crippen LogP) is 7.70. The molecule has 0 saturated carbocycles. The van der Waals surface area contributed by atoms with Crippen molar-refractivity contribution in [2.75, 3.05) is 0 Å². The molecule has 0 fully saturated rings. The fourth-order valence-electron chi connectivity index (χ4n) is 4.42. The molecule has 0 aliphatic carbocycles. The second-order valence-corrected chi connectivity index (χ2v) is 10.6. The quantitative estimate of drug-likeness (QED) is 0.143. The van der Waals surface area contributed by atoms with E-state index >= 15 is 0 Å². The predicted molar refractivity (Wildman–Crippen MR) is 132 cm³/mol. The van der Waals surface area contributed by atoms with Crippen molar-refractivity contribution in [2.45, 2.75) is 52.4 Å². The zero-order valence-corrected chi connectivity index (χ0v) is 22.0. The molecule has 2 heterocycles. The first-order valence-electron chi connectivity index (χ1n) is 11.0. The van der Waals surface area contributed by atoms with Gasteiger partial charge in [0.25, 0.3) is 0 Å². The van der Waals surface area contributed by atoms with Gasteiger partial charge in [-0.15, -0.1) is 29.7 Å². The van der Waals surface area contributed by atoms with Crippen molar-refractivity contribution in [2.24, 2.45) is 0 Å². The topological polar surface area (TPSA) is 17.3 Å². The second-order valence-electron chi connectivity index (χ2n) is 10.6. The molecule has 0 unspecified atom stereocenters. The summed E-state index contributed by atoms with van der Waals surface area (Å²) in [6.07, 6.45) is 3.96. The van der Waals surface area contributed by atoms with Gasteiger partial charge in [-0.1, -0.05) is 77.3 Å². The molecule has 0 spiro atoms. The Morgan fingerprint density at radius 2 is 1.50 bits per heavy atom. The minimum absolute atomic E-state index is 0. The molecule has 5 aromatic rings.